The molecular formula is C38H73N2O15P. The molecule has 3 aliphatic rings. The van der Waals surface area contributed by atoms with Crippen molar-refractivity contribution in [3.63, 3.8) is 0 Å². The smallest absolute Gasteiger partial charge is 0.459 e. The first-order valence-electron chi connectivity index (χ1n) is 19.9. The standard InChI is InChI=1S/C38H73N2O15P/c1-15-27-38(10,45)31(41)24(6)40(13)19-20(2)17-36(8,44)33(54-35-30(55-56(46,47)48)26(39(11)12)16-21(3)50-35)22(4)29(23(5)34(43)52-27)53-28-18-37(9,49-14)32(42)25(7)51-28/h20-33,35,41-42,44-45H,15-19H2,1-14H3,(H2,46,47,48)/t20-,21-,22+,23-,24-,25+,26+,27-,28+,29+,30-,31-,32+,33-,35+,36-,37-,38-/m1/s1. The van der Waals surface area contributed by atoms with E-state index in [1.807, 2.05) is 11.8 Å². The van der Waals surface area contributed by atoms with Gasteiger partial charge in [-0.2, -0.15) is 0 Å². The summed E-state index contributed by atoms with van der Waals surface area (Å²) in [6, 6.07) is -1.16. The predicted molar refractivity (Wildman–Crippen MR) is 205 cm³/mol. The Bertz CT molecular complexity index is 1320. The topological polar surface area (TPSA) is 227 Å². The molecule has 0 amide bonds. The number of methoxy groups -OCH3 is 1. The van der Waals surface area contributed by atoms with Crippen molar-refractivity contribution in [2.24, 2.45) is 17.8 Å². The van der Waals surface area contributed by atoms with E-state index in [1.165, 1.54) is 14.0 Å². The second-order valence-electron chi connectivity index (χ2n) is 17.7. The summed E-state index contributed by atoms with van der Waals surface area (Å²) in [6.45, 7) is 17.3. The lowest BCUT2D eigenvalue weighted by molar-refractivity contribution is -0.316. The summed E-state index contributed by atoms with van der Waals surface area (Å²) >= 11 is 0. The van der Waals surface area contributed by atoms with Crippen molar-refractivity contribution in [3.8, 4) is 0 Å². The van der Waals surface area contributed by atoms with E-state index >= 15 is 0 Å². The van der Waals surface area contributed by atoms with Gasteiger partial charge in [0, 0.05) is 38.1 Å². The van der Waals surface area contributed by atoms with Crippen molar-refractivity contribution in [1.29, 1.82) is 0 Å². The first-order chi connectivity index (χ1) is 25.6. The summed E-state index contributed by atoms with van der Waals surface area (Å²) in [7, 11) is 1.69. The van der Waals surface area contributed by atoms with E-state index in [1.54, 1.807) is 81.4 Å². The number of hydrogen-bond acceptors (Lipinski definition) is 15. The summed E-state index contributed by atoms with van der Waals surface area (Å²) in [5.41, 5.74) is -4.66. The number of ether oxygens (including phenoxy) is 6. The van der Waals surface area contributed by atoms with Gasteiger partial charge in [-0.1, -0.05) is 20.8 Å². The second kappa shape index (κ2) is 19.2. The lowest BCUT2D eigenvalue weighted by Crippen LogP contribution is -2.60. The predicted octanol–water partition coefficient (Wildman–Crippen LogP) is 2.02. The maximum Gasteiger partial charge on any atom is 0.470 e. The van der Waals surface area contributed by atoms with Crippen LogP contribution in [-0.4, -0.2) is 171 Å². The van der Waals surface area contributed by atoms with Gasteiger partial charge < -0.3 is 68.4 Å². The molecule has 56 heavy (non-hydrogen) atoms. The molecule has 0 unspecified atom stereocenters. The molecule has 0 spiro atoms. The van der Waals surface area contributed by atoms with E-state index in [-0.39, 0.29) is 25.2 Å². The van der Waals surface area contributed by atoms with Crippen LogP contribution in [0.3, 0.4) is 0 Å². The Labute approximate surface area is 333 Å². The molecule has 17 nitrogen and oxygen atoms in total. The van der Waals surface area contributed by atoms with Crippen molar-refractivity contribution in [3.05, 3.63) is 0 Å². The van der Waals surface area contributed by atoms with E-state index in [0.717, 1.165) is 0 Å². The quantitative estimate of drug-likeness (QED) is 0.144. The van der Waals surface area contributed by atoms with Crippen LogP contribution in [0.5, 0.6) is 0 Å². The van der Waals surface area contributed by atoms with E-state index in [4.69, 9.17) is 32.9 Å². The van der Waals surface area contributed by atoms with Crippen molar-refractivity contribution >= 4 is 13.8 Å². The summed E-state index contributed by atoms with van der Waals surface area (Å²) in [6.07, 6.45) is -10.0. The number of carbonyl (C=O) groups is 1. The third kappa shape index (κ3) is 11.7. The van der Waals surface area contributed by atoms with Gasteiger partial charge in [-0.15, -0.1) is 0 Å². The number of likely N-dealkylation sites (N-methyl/N-ethyl adjacent to an activating group) is 2. The van der Waals surface area contributed by atoms with Crippen LogP contribution in [-0.2, 0) is 42.3 Å². The number of carbonyl (C=O) groups excluding carboxylic acids is 1. The van der Waals surface area contributed by atoms with Gasteiger partial charge >= 0.3 is 13.8 Å². The van der Waals surface area contributed by atoms with Crippen LogP contribution < -0.4 is 0 Å². The van der Waals surface area contributed by atoms with Gasteiger partial charge in [0.15, 0.2) is 12.6 Å². The van der Waals surface area contributed by atoms with Gasteiger partial charge in [-0.05, 0) is 94.8 Å². The lowest BCUT2D eigenvalue weighted by atomic mass is 9.77. The molecule has 0 aromatic carbocycles. The Morgan fingerprint density at radius 3 is 2.09 bits per heavy atom. The molecular weight excluding hydrogens is 755 g/mol. The SMILES string of the molecule is CC[C@H]1OC(=O)[C@H](C)[C@@H](O[C@H]2C[C@@](C)(OC)[C@@H](O)[C@H](C)O2)[C@H](C)[C@@H](O[C@@H]2O[C@H](C)C[C@H](N(C)C)[C@H]2OP(=O)(O)O)[C@](C)(O)C[C@@H](C)CN(C)[C@H](C)[C@@H](O)[C@]1(C)O. The Kier molecular flexibility index (Phi) is 17.0. The molecule has 0 aromatic rings. The Morgan fingerprint density at radius 1 is 0.946 bits per heavy atom. The van der Waals surface area contributed by atoms with Crippen LogP contribution in [0.25, 0.3) is 0 Å². The number of nitrogens with zero attached hydrogens (tertiary/aromatic N) is 2. The fourth-order valence-electron chi connectivity index (χ4n) is 8.99. The van der Waals surface area contributed by atoms with Gasteiger partial charge in [-0.3, -0.25) is 9.32 Å². The number of phosphoric acid groups is 1. The second-order valence-corrected chi connectivity index (χ2v) is 18.9. The molecule has 3 aliphatic heterocycles. The van der Waals surface area contributed by atoms with Crippen LogP contribution in [0.15, 0.2) is 0 Å². The highest BCUT2D eigenvalue weighted by Crippen LogP contribution is 2.44. The van der Waals surface area contributed by atoms with Crippen LogP contribution in [0.1, 0.15) is 94.9 Å². The van der Waals surface area contributed by atoms with E-state index < -0.39 is 116 Å². The van der Waals surface area contributed by atoms with Gasteiger partial charge in [0.25, 0.3) is 0 Å². The van der Waals surface area contributed by atoms with Crippen molar-refractivity contribution in [2.45, 2.75) is 185 Å². The molecule has 0 aromatic heterocycles. The number of rotatable bonds is 9. The number of esters is 1. The summed E-state index contributed by atoms with van der Waals surface area (Å²) in [5.74, 6) is -3.02. The van der Waals surface area contributed by atoms with E-state index in [2.05, 4.69) is 0 Å². The normalized spacial score (nSPS) is 47.2. The molecule has 18 heteroatoms. The minimum absolute atomic E-state index is 0.0631. The molecule has 0 aliphatic carbocycles. The molecule has 3 fully saturated rings. The number of aliphatic hydroxyl groups is 4. The van der Waals surface area contributed by atoms with Crippen LogP contribution in [0.2, 0.25) is 0 Å². The molecule has 6 N–H and O–H groups in total. The Hall–Kier alpha value is -0.860. The molecule has 18 atom stereocenters. The highest BCUT2D eigenvalue weighted by atomic mass is 31.2. The molecule has 0 saturated carbocycles. The molecule has 3 saturated heterocycles. The zero-order valence-corrected chi connectivity index (χ0v) is 36.8. The first kappa shape index (κ1) is 49.5. The fraction of sp³-hybridized carbons (Fsp3) is 0.974. The molecule has 3 heterocycles. The maximum absolute atomic E-state index is 14.3. The highest BCUT2D eigenvalue weighted by molar-refractivity contribution is 7.46. The number of aliphatic hydroxyl groups excluding tert-OH is 2. The maximum atomic E-state index is 14.3. The summed E-state index contributed by atoms with van der Waals surface area (Å²) < 4.78 is 55.3. The third-order valence-corrected chi connectivity index (χ3v) is 13.0. The zero-order valence-electron chi connectivity index (χ0n) is 35.9. The van der Waals surface area contributed by atoms with Gasteiger partial charge in [0.1, 0.15) is 30.0 Å². The van der Waals surface area contributed by atoms with Crippen molar-refractivity contribution < 1.29 is 72.5 Å². The fourth-order valence-corrected chi connectivity index (χ4v) is 9.55. The first-order valence-corrected chi connectivity index (χ1v) is 21.4. The minimum atomic E-state index is -5.08. The zero-order chi connectivity index (χ0) is 42.9. The largest absolute Gasteiger partial charge is 0.470 e. The molecule has 330 valence electrons. The molecule has 0 bridgehead atoms. The summed E-state index contributed by atoms with van der Waals surface area (Å²) in [4.78, 5) is 38.0. The molecule has 0 radical (unpaired) electrons. The Balaban J connectivity index is 2.24. The average Bonchev–Trinajstić information content (AvgIpc) is 3.08. The number of hydrogen-bond donors (Lipinski definition) is 6. The lowest BCUT2D eigenvalue weighted by Gasteiger charge is -2.49. The van der Waals surface area contributed by atoms with E-state index in [9.17, 15) is 39.6 Å². The Morgan fingerprint density at radius 2 is 1.55 bits per heavy atom. The van der Waals surface area contributed by atoms with E-state index in [0.29, 0.717) is 13.0 Å². The highest BCUT2D eigenvalue weighted by Gasteiger charge is 2.53. The van der Waals surface area contributed by atoms with Crippen LogP contribution in [0, 0.1) is 17.8 Å². The number of phosphoric ester groups is 1. The minimum Gasteiger partial charge on any atom is -0.459 e. The van der Waals surface area contributed by atoms with Crippen LogP contribution in [0.4, 0.5) is 0 Å². The summed E-state index contributed by atoms with van der Waals surface area (Å²) in [5, 5.41) is 46.8. The van der Waals surface area contributed by atoms with Crippen molar-refractivity contribution in [2.75, 3.05) is 34.8 Å². The van der Waals surface area contributed by atoms with Crippen molar-refractivity contribution in [1.82, 2.24) is 9.80 Å². The third-order valence-electron chi connectivity index (χ3n) is 12.4. The van der Waals surface area contributed by atoms with Gasteiger partial charge in [-0.25, -0.2) is 4.57 Å². The van der Waals surface area contributed by atoms with Gasteiger partial charge in [0.2, 0.25) is 0 Å². The van der Waals surface area contributed by atoms with Gasteiger partial charge in [0.05, 0.1) is 41.5 Å². The van der Waals surface area contributed by atoms with Crippen LogP contribution >= 0.6 is 7.82 Å². The monoisotopic (exact) mass is 828 g/mol. The molecule has 3 rings (SSSR count). The average molecular weight is 829 g/mol. The number of cyclic esters (lactones) is 1.